The Bertz CT molecular complexity index is 969. The Morgan fingerprint density at radius 2 is 1.93 bits per heavy atom. The SMILES string of the molecule is Nc1nonc1C(=O)NCCNCc1cc(Cl)ccc1OCc1ccc(F)cc1.[Cl-]. The standard InChI is InChI=1S/C19H19ClFN5O3.ClH/c20-14-3-6-16(28-11-12-1-4-15(21)5-2-12)13(9-14)10-23-7-8-24-19(27)17-18(22)26-29-25-17;/h1-6,9,23H,7-8,10-11H2,(H2,22,26)(H,24,27);1H/p-1. The van der Waals surface area contributed by atoms with Gasteiger partial charge in [-0.05, 0) is 46.2 Å². The highest BCUT2D eigenvalue weighted by atomic mass is 35.5. The summed E-state index contributed by atoms with van der Waals surface area (Å²) in [5, 5.41) is 13.2. The fourth-order valence-corrected chi connectivity index (χ4v) is 2.69. The third-order valence-corrected chi connectivity index (χ3v) is 4.20. The van der Waals surface area contributed by atoms with Crippen molar-refractivity contribution in [1.29, 1.82) is 0 Å². The molecule has 0 aliphatic rings. The molecule has 0 atom stereocenters. The number of aromatic nitrogens is 2. The summed E-state index contributed by atoms with van der Waals surface area (Å²) in [5.74, 6) is -0.148. The molecule has 0 bridgehead atoms. The third-order valence-electron chi connectivity index (χ3n) is 3.96. The maximum atomic E-state index is 13.0. The molecule has 1 heterocycles. The number of benzene rings is 2. The van der Waals surface area contributed by atoms with Crippen molar-refractivity contribution in [2.75, 3.05) is 18.8 Å². The quantitative estimate of drug-likeness (QED) is 0.375. The summed E-state index contributed by atoms with van der Waals surface area (Å²) in [5.41, 5.74) is 7.13. The number of nitrogens with two attached hydrogens (primary N) is 1. The van der Waals surface area contributed by atoms with Gasteiger partial charge in [0.05, 0.1) is 0 Å². The van der Waals surface area contributed by atoms with Crippen LogP contribution in [0.15, 0.2) is 47.1 Å². The Labute approximate surface area is 183 Å². The van der Waals surface area contributed by atoms with Crippen LogP contribution >= 0.6 is 11.6 Å². The molecule has 8 nitrogen and oxygen atoms in total. The van der Waals surface area contributed by atoms with Crippen LogP contribution in [0.5, 0.6) is 5.75 Å². The van der Waals surface area contributed by atoms with Crippen molar-refractivity contribution in [3.8, 4) is 5.75 Å². The molecule has 0 spiro atoms. The second-order valence-corrected chi connectivity index (χ2v) is 6.53. The van der Waals surface area contributed by atoms with Crippen LogP contribution in [0.1, 0.15) is 21.6 Å². The number of carbonyl (C=O) groups excluding carboxylic acids is 1. The molecule has 3 rings (SSSR count). The van der Waals surface area contributed by atoms with Crippen molar-refractivity contribution in [3.05, 3.63) is 70.1 Å². The summed E-state index contributed by atoms with van der Waals surface area (Å²) in [6, 6.07) is 11.4. The van der Waals surface area contributed by atoms with E-state index in [1.165, 1.54) is 12.1 Å². The Morgan fingerprint density at radius 1 is 1.17 bits per heavy atom. The van der Waals surface area contributed by atoms with E-state index in [2.05, 4.69) is 25.6 Å². The van der Waals surface area contributed by atoms with Gasteiger partial charge in [0.15, 0.2) is 0 Å². The van der Waals surface area contributed by atoms with Gasteiger partial charge in [-0.3, -0.25) is 4.79 Å². The summed E-state index contributed by atoms with van der Waals surface area (Å²) in [4.78, 5) is 11.9. The van der Waals surface area contributed by atoms with Crippen LogP contribution in [0.2, 0.25) is 5.02 Å². The van der Waals surface area contributed by atoms with E-state index >= 15 is 0 Å². The van der Waals surface area contributed by atoms with Crippen LogP contribution in [0.25, 0.3) is 0 Å². The van der Waals surface area contributed by atoms with Gasteiger partial charge in [0.2, 0.25) is 11.5 Å². The minimum atomic E-state index is -0.461. The lowest BCUT2D eigenvalue weighted by Gasteiger charge is -2.13. The van der Waals surface area contributed by atoms with Crippen LogP contribution in [-0.4, -0.2) is 29.3 Å². The van der Waals surface area contributed by atoms with E-state index in [0.717, 1.165) is 11.1 Å². The molecule has 0 aliphatic carbocycles. The van der Waals surface area contributed by atoms with Gasteiger partial charge in [0.25, 0.3) is 5.91 Å². The third kappa shape index (κ3) is 6.58. The normalized spacial score (nSPS) is 10.3. The first kappa shape index (κ1) is 23.4. The molecule has 0 unspecified atom stereocenters. The number of carbonyl (C=O) groups is 1. The summed E-state index contributed by atoms with van der Waals surface area (Å²) in [6.07, 6.45) is 0. The Hall–Kier alpha value is -2.88. The summed E-state index contributed by atoms with van der Waals surface area (Å²) in [6.45, 7) is 1.61. The number of halogens is 3. The fraction of sp³-hybridized carbons (Fsp3) is 0.211. The number of nitrogen functional groups attached to an aromatic ring is 1. The maximum absolute atomic E-state index is 13.0. The van der Waals surface area contributed by atoms with Crippen LogP contribution in [0, 0.1) is 5.82 Å². The van der Waals surface area contributed by atoms with E-state index in [0.29, 0.717) is 37.0 Å². The van der Waals surface area contributed by atoms with Crippen molar-refractivity contribution in [3.63, 3.8) is 0 Å². The highest BCUT2D eigenvalue weighted by molar-refractivity contribution is 6.30. The van der Waals surface area contributed by atoms with E-state index in [1.807, 2.05) is 0 Å². The van der Waals surface area contributed by atoms with Gasteiger partial charge >= 0.3 is 0 Å². The number of nitrogens with one attached hydrogen (secondary N) is 2. The van der Waals surface area contributed by atoms with Gasteiger partial charge in [0.1, 0.15) is 18.2 Å². The molecule has 0 fully saturated rings. The summed E-state index contributed by atoms with van der Waals surface area (Å²) < 4.78 is 23.2. The van der Waals surface area contributed by atoms with Crippen LogP contribution in [-0.2, 0) is 13.2 Å². The lowest BCUT2D eigenvalue weighted by atomic mass is 10.2. The molecular weight excluding hydrogens is 436 g/mol. The summed E-state index contributed by atoms with van der Waals surface area (Å²) >= 11 is 6.09. The first-order valence-electron chi connectivity index (χ1n) is 8.75. The molecule has 1 aromatic heterocycles. The smallest absolute Gasteiger partial charge is 0.277 e. The number of amides is 1. The first-order valence-corrected chi connectivity index (χ1v) is 9.13. The Kier molecular flexibility index (Phi) is 8.85. The number of nitrogens with zero attached hydrogens (tertiary/aromatic N) is 2. The number of hydrogen-bond acceptors (Lipinski definition) is 7. The predicted octanol–water partition coefficient (Wildman–Crippen LogP) is -0.453. The average Bonchev–Trinajstić information content (AvgIpc) is 3.14. The average molecular weight is 455 g/mol. The van der Waals surface area contributed by atoms with E-state index in [1.54, 1.807) is 30.3 Å². The molecule has 0 radical (unpaired) electrons. The van der Waals surface area contributed by atoms with E-state index in [-0.39, 0.29) is 29.7 Å². The number of anilines is 1. The van der Waals surface area contributed by atoms with E-state index in [9.17, 15) is 9.18 Å². The molecule has 4 N–H and O–H groups in total. The lowest BCUT2D eigenvalue weighted by molar-refractivity contribution is -0.0000156. The number of hydrogen-bond donors (Lipinski definition) is 3. The second kappa shape index (κ2) is 11.3. The van der Waals surface area contributed by atoms with E-state index < -0.39 is 5.91 Å². The molecule has 2 aromatic carbocycles. The molecule has 0 aliphatic heterocycles. The van der Waals surface area contributed by atoms with Gasteiger partial charge in [-0.25, -0.2) is 9.02 Å². The molecule has 11 heteroatoms. The zero-order valence-electron chi connectivity index (χ0n) is 15.7. The van der Waals surface area contributed by atoms with Crippen LogP contribution < -0.4 is 33.5 Å². The minimum absolute atomic E-state index is 0. The second-order valence-electron chi connectivity index (χ2n) is 6.10. The van der Waals surface area contributed by atoms with Crippen molar-refractivity contribution in [1.82, 2.24) is 20.9 Å². The van der Waals surface area contributed by atoms with Crippen molar-refractivity contribution >= 4 is 23.3 Å². The van der Waals surface area contributed by atoms with Crippen molar-refractivity contribution < 1.29 is 31.0 Å². The zero-order chi connectivity index (χ0) is 20.6. The molecule has 0 saturated heterocycles. The first-order chi connectivity index (χ1) is 14.0. The van der Waals surface area contributed by atoms with Gasteiger partial charge in [-0.15, -0.1) is 0 Å². The number of ether oxygens (including phenoxy) is 1. The molecule has 0 saturated carbocycles. The zero-order valence-corrected chi connectivity index (χ0v) is 17.2. The molecule has 160 valence electrons. The topological polar surface area (TPSA) is 115 Å². The Balaban J connectivity index is 0.00000320. The maximum Gasteiger partial charge on any atom is 0.277 e. The minimum Gasteiger partial charge on any atom is -1.00 e. The highest BCUT2D eigenvalue weighted by Gasteiger charge is 2.15. The predicted molar refractivity (Wildman–Crippen MR) is 105 cm³/mol. The Morgan fingerprint density at radius 3 is 2.63 bits per heavy atom. The molecule has 30 heavy (non-hydrogen) atoms. The monoisotopic (exact) mass is 454 g/mol. The van der Waals surface area contributed by atoms with Crippen LogP contribution in [0.3, 0.4) is 0 Å². The number of rotatable bonds is 9. The van der Waals surface area contributed by atoms with Crippen molar-refractivity contribution in [2.24, 2.45) is 0 Å². The van der Waals surface area contributed by atoms with E-state index in [4.69, 9.17) is 22.1 Å². The fourth-order valence-electron chi connectivity index (χ4n) is 2.49. The lowest BCUT2D eigenvalue weighted by Crippen LogP contribution is -3.00. The summed E-state index contributed by atoms with van der Waals surface area (Å²) in [7, 11) is 0. The van der Waals surface area contributed by atoms with Gasteiger partial charge in [-0.2, -0.15) is 0 Å². The van der Waals surface area contributed by atoms with Gasteiger partial charge in [0, 0.05) is 30.2 Å². The molecular formula is C19H19Cl2FN5O3-. The van der Waals surface area contributed by atoms with Crippen molar-refractivity contribution in [2.45, 2.75) is 13.2 Å². The van der Waals surface area contributed by atoms with Crippen LogP contribution in [0.4, 0.5) is 10.2 Å². The largest absolute Gasteiger partial charge is 1.00 e. The molecule has 3 aromatic rings. The van der Waals surface area contributed by atoms with Gasteiger partial charge < -0.3 is 33.5 Å². The highest BCUT2D eigenvalue weighted by Crippen LogP contribution is 2.24. The van der Waals surface area contributed by atoms with Gasteiger partial charge in [-0.1, -0.05) is 23.7 Å². The molecule has 1 amide bonds.